The number of nitrogens with one attached hydrogen (secondary N) is 1. The van der Waals surface area contributed by atoms with E-state index in [1.807, 2.05) is 10.9 Å². The third kappa shape index (κ3) is 4.43. The van der Waals surface area contributed by atoms with Crippen molar-refractivity contribution in [1.82, 2.24) is 19.0 Å². The first-order chi connectivity index (χ1) is 13.3. The Kier molecular flexibility index (Phi) is 6.17. The second-order valence-corrected chi connectivity index (χ2v) is 8.89. The van der Waals surface area contributed by atoms with Gasteiger partial charge in [0, 0.05) is 63.1 Å². The largest absolute Gasteiger partial charge is 0.326 e. The number of benzene rings is 1. The minimum Gasteiger partial charge on any atom is -0.326 e. The Labute approximate surface area is 166 Å². The van der Waals surface area contributed by atoms with Crippen molar-refractivity contribution >= 4 is 21.6 Å². The van der Waals surface area contributed by atoms with E-state index in [1.54, 1.807) is 12.1 Å². The minimum absolute atomic E-state index is 0.188. The second-order valence-electron chi connectivity index (χ2n) is 6.96. The molecule has 3 rings (SSSR count). The summed E-state index contributed by atoms with van der Waals surface area (Å²) in [5, 5.41) is 7.02. The molecule has 1 fully saturated rings. The van der Waals surface area contributed by atoms with Gasteiger partial charge in [0.05, 0.1) is 11.1 Å². The second kappa shape index (κ2) is 8.42. The summed E-state index contributed by atoms with van der Waals surface area (Å²) in [6.45, 7) is 9.45. The molecular weight excluding hydrogens is 378 g/mol. The van der Waals surface area contributed by atoms with Crippen LogP contribution >= 0.6 is 0 Å². The van der Waals surface area contributed by atoms with Crippen LogP contribution in [0.5, 0.6) is 0 Å². The van der Waals surface area contributed by atoms with E-state index in [0.717, 1.165) is 18.8 Å². The van der Waals surface area contributed by atoms with Gasteiger partial charge in [0.2, 0.25) is 15.9 Å². The van der Waals surface area contributed by atoms with E-state index in [2.05, 4.69) is 29.2 Å². The summed E-state index contributed by atoms with van der Waals surface area (Å²) in [6.07, 6.45) is 1.90. The molecule has 9 heteroatoms. The van der Waals surface area contributed by atoms with Crippen LogP contribution in [0.1, 0.15) is 25.1 Å². The van der Waals surface area contributed by atoms with Crippen molar-refractivity contribution in [3.63, 3.8) is 0 Å². The number of hydrogen-bond acceptors (Lipinski definition) is 5. The van der Waals surface area contributed by atoms with Gasteiger partial charge in [0.1, 0.15) is 0 Å². The highest BCUT2D eigenvalue weighted by Gasteiger charge is 2.28. The first kappa shape index (κ1) is 20.5. The first-order valence-electron chi connectivity index (χ1n) is 9.42. The molecule has 2 aromatic rings. The lowest BCUT2D eigenvalue weighted by atomic mass is 10.2. The third-order valence-electron chi connectivity index (χ3n) is 5.04. The third-order valence-corrected chi connectivity index (χ3v) is 6.95. The van der Waals surface area contributed by atoms with Crippen LogP contribution < -0.4 is 5.32 Å². The number of piperazine rings is 1. The van der Waals surface area contributed by atoms with Gasteiger partial charge in [-0.15, -0.1) is 0 Å². The lowest BCUT2D eigenvalue weighted by Crippen LogP contribution is -2.48. The highest BCUT2D eigenvalue weighted by Crippen LogP contribution is 2.21. The Bertz CT molecular complexity index is 929. The number of aromatic nitrogens is 2. The van der Waals surface area contributed by atoms with E-state index in [-0.39, 0.29) is 10.8 Å². The Morgan fingerprint density at radius 3 is 2.32 bits per heavy atom. The van der Waals surface area contributed by atoms with Crippen molar-refractivity contribution in [3.05, 3.63) is 41.7 Å². The van der Waals surface area contributed by atoms with Gasteiger partial charge in [-0.25, -0.2) is 8.42 Å². The number of nitrogens with zero attached hydrogens (tertiary/aromatic N) is 4. The number of amides is 1. The van der Waals surface area contributed by atoms with Crippen molar-refractivity contribution in [1.29, 1.82) is 0 Å². The van der Waals surface area contributed by atoms with Crippen LogP contribution in [0, 0.1) is 6.92 Å². The van der Waals surface area contributed by atoms with Crippen molar-refractivity contribution in [2.75, 3.05) is 31.5 Å². The Hall–Kier alpha value is -2.23. The van der Waals surface area contributed by atoms with E-state index in [9.17, 15) is 13.2 Å². The fourth-order valence-electron chi connectivity index (χ4n) is 3.39. The number of sulfonamides is 1. The van der Waals surface area contributed by atoms with Crippen LogP contribution in [0.2, 0.25) is 0 Å². The molecule has 0 spiro atoms. The van der Waals surface area contributed by atoms with E-state index in [0.29, 0.717) is 31.9 Å². The Morgan fingerprint density at radius 1 is 1.14 bits per heavy atom. The number of hydrogen-bond donors (Lipinski definition) is 1. The molecule has 1 aliphatic rings. The molecule has 8 nitrogen and oxygen atoms in total. The fourth-order valence-corrected chi connectivity index (χ4v) is 4.81. The molecule has 152 valence electrons. The number of aryl methyl sites for hydroxylation is 1. The molecule has 1 aliphatic heterocycles. The van der Waals surface area contributed by atoms with Crippen LogP contribution in [-0.2, 0) is 27.9 Å². The summed E-state index contributed by atoms with van der Waals surface area (Å²) in [5.41, 5.74) is 2.93. The van der Waals surface area contributed by atoms with Gasteiger partial charge in [0.15, 0.2) is 0 Å². The molecule has 0 unspecified atom stereocenters. The summed E-state index contributed by atoms with van der Waals surface area (Å²) in [7, 11) is -3.53. The maximum atomic E-state index is 12.9. The topological polar surface area (TPSA) is 87.5 Å². The van der Waals surface area contributed by atoms with Gasteiger partial charge in [-0.1, -0.05) is 0 Å². The normalized spacial score (nSPS) is 16.2. The van der Waals surface area contributed by atoms with Crippen LogP contribution in [0.4, 0.5) is 5.69 Å². The zero-order valence-corrected chi connectivity index (χ0v) is 17.4. The molecular formula is C19H27N5O3S. The van der Waals surface area contributed by atoms with E-state index in [1.165, 1.54) is 28.9 Å². The van der Waals surface area contributed by atoms with Gasteiger partial charge in [-0.05, 0) is 38.1 Å². The zero-order valence-electron chi connectivity index (χ0n) is 16.6. The molecule has 1 N–H and O–H groups in total. The van der Waals surface area contributed by atoms with E-state index >= 15 is 0 Å². The first-order valence-corrected chi connectivity index (χ1v) is 10.9. The molecule has 0 atom stereocenters. The monoisotopic (exact) mass is 405 g/mol. The predicted molar refractivity (Wildman–Crippen MR) is 107 cm³/mol. The lowest BCUT2D eigenvalue weighted by molar-refractivity contribution is -0.114. The summed E-state index contributed by atoms with van der Waals surface area (Å²) in [4.78, 5) is 13.6. The molecule has 0 saturated carbocycles. The molecule has 1 aromatic heterocycles. The number of rotatable bonds is 6. The number of carbonyl (C=O) groups is 1. The van der Waals surface area contributed by atoms with Gasteiger partial charge in [-0.3, -0.25) is 14.4 Å². The smallest absolute Gasteiger partial charge is 0.243 e. The standard InChI is InChI=1S/C19H27N5O3S/c1-4-24-15(2)17(13-20-24)14-22-9-11-23(12-10-22)28(26,27)19-7-5-18(6-8-19)21-16(3)25/h5-8,13H,4,9-12,14H2,1-3H3,(H,21,25). The Balaban J connectivity index is 1.61. The SMILES string of the molecule is CCn1ncc(CN2CCN(S(=O)(=O)c3ccc(NC(C)=O)cc3)CC2)c1C. The average molecular weight is 406 g/mol. The predicted octanol–water partition coefficient (Wildman–Crippen LogP) is 1.68. The van der Waals surface area contributed by atoms with Crippen LogP contribution in [-0.4, -0.2) is 59.5 Å². The highest BCUT2D eigenvalue weighted by molar-refractivity contribution is 7.89. The summed E-state index contributed by atoms with van der Waals surface area (Å²) >= 11 is 0. The number of anilines is 1. The van der Waals surface area contributed by atoms with E-state index in [4.69, 9.17) is 0 Å². The van der Waals surface area contributed by atoms with Crippen molar-refractivity contribution in [3.8, 4) is 0 Å². The zero-order chi connectivity index (χ0) is 20.3. The van der Waals surface area contributed by atoms with Crippen molar-refractivity contribution in [2.45, 2.75) is 38.8 Å². The van der Waals surface area contributed by atoms with Crippen LogP contribution in [0.15, 0.2) is 35.4 Å². The maximum absolute atomic E-state index is 12.9. The maximum Gasteiger partial charge on any atom is 0.243 e. The van der Waals surface area contributed by atoms with Crippen molar-refractivity contribution in [2.24, 2.45) is 0 Å². The summed E-state index contributed by atoms with van der Waals surface area (Å²) < 4.78 is 29.3. The van der Waals surface area contributed by atoms with Gasteiger partial charge in [-0.2, -0.15) is 9.40 Å². The molecule has 1 aromatic carbocycles. The van der Waals surface area contributed by atoms with Crippen molar-refractivity contribution < 1.29 is 13.2 Å². The van der Waals surface area contributed by atoms with Gasteiger partial charge >= 0.3 is 0 Å². The fraction of sp³-hybridized carbons (Fsp3) is 0.474. The number of carbonyl (C=O) groups excluding carboxylic acids is 1. The highest BCUT2D eigenvalue weighted by atomic mass is 32.2. The van der Waals surface area contributed by atoms with Gasteiger partial charge < -0.3 is 5.32 Å². The summed E-state index contributed by atoms with van der Waals surface area (Å²) in [5.74, 6) is -0.188. The molecule has 2 heterocycles. The summed E-state index contributed by atoms with van der Waals surface area (Å²) in [6, 6.07) is 6.29. The molecule has 0 bridgehead atoms. The quantitative estimate of drug-likeness (QED) is 0.790. The van der Waals surface area contributed by atoms with Crippen LogP contribution in [0.3, 0.4) is 0 Å². The molecule has 0 radical (unpaired) electrons. The molecule has 1 saturated heterocycles. The van der Waals surface area contributed by atoms with Crippen LogP contribution in [0.25, 0.3) is 0 Å². The van der Waals surface area contributed by atoms with E-state index < -0.39 is 10.0 Å². The lowest BCUT2D eigenvalue weighted by Gasteiger charge is -2.33. The van der Waals surface area contributed by atoms with Gasteiger partial charge in [0.25, 0.3) is 0 Å². The average Bonchev–Trinajstić information content (AvgIpc) is 3.02. The molecule has 28 heavy (non-hydrogen) atoms. The minimum atomic E-state index is -3.53. The Morgan fingerprint density at radius 2 is 1.79 bits per heavy atom. The molecule has 0 aliphatic carbocycles. The molecule has 1 amide bonds.